The van der Waals surface area contributed by atoms with Crippen LogP contribution in [0.5, 0.6) is 5.75 Å². The Morgan fingerprint density at radius 3 is 2.60 bits per heavy atom. The molecule has 5 heteroatoms. The minimum Gasteiger partial charge on any atom is -0.489 e. The van der Waals surface area contributed by atoms with E-state index in [2.05, 4.69) is 19.2 Å². The summed E-state index contributed by atoms with van der Waals surface area (Å²) in [5.41, 5.74) is 0.909. The molecule has 20 heavy (non-hydrogen) atoms. The highest BCUT2D eigenvalue weighted by Gasteiger charge is 2.12. The Morgan fingerprint density at radius 1 is 1.30 bits per heavy atom. The van der Waals surface area contributed by atoms with Crippen LogP contribution in [0.25, 0.3) is 0 Å². The third-order valence-electron chi connectivity index (χ3n) is 2.84. The van der Waals surface area contributed by atoms with Gasteiger partial charge in [0, 0.05) is 17.1 Å². The van der Waals surface area contributed by atoms with Crippen LogP contribution >= 0.6 is 23.2 Å². The summed E-state index contributed by atoms with van der Waals surface area (Å²) in [5, 5.41) is 14.0. The van der Waals surface area contributed by atoms with Gasteiger partial charge in [0.05, 0.1) is 11.1 Å². The van der Waals surface area contributed by atoms with Crippen molar-refractivity contribution in [1.29, 1.82) is 0 Å². The number of ether oxygens (including phenoxy) is 1. The zero-order valence-electron chi connectivity index (χ0n) is 12.2. The number of aliphatic hydroxyl groups is 1. The Kier molecular flexibility index (Phi) is 7.67. The lowest BCUT2D eigenvalue weighted by Crippen LogP contribution is -2.21. The number of rotatable bonds is 8. The predicted molar refractivity (Wildman–Crippen MR) is 84.8 cm³/mol. The maximum Gasteiger partial charge on any atom is 0.142 e. The van der Waals surface area contributed by atoms with Gasteiger partial charge in [0.15, 0.2) is 0 Å². The minimum absolute atomic E-state index is 0.231. The molecule has 2 N–H and O–H groups in total. The summed E-state index contributed by atoms with van der Waals surface area (Å²) >= 11 is 12.2. The molecule has 0 fully saturated rings. The first kappa shape index (κ1) is 17.6. The van der Waals surface area contributed by atoms with E-state index in [0.29, 0.717) is 34.7 Å². The summed E-state index contributed by atoms with van der Waals surface area (Å²) in [6, 6.07) is 3.50. The average Bonchev–Trinajstić information content (AvgIpc) is 2.36. The van der Waals surface area contributed by atoms with Crippen LogP contribution < -0.4 is 10.1 Å². The van der Waals surface area contributed by atoms with E-state index in [1.165, 1.54) is 0 Å². The molecule has 1 atom stereocenters. The van der Waals surface area contributed by atoms with Gasteiger partial charge in [-0.25, -0.2) is 0 Å². The minimum atomic E-state index is -0.488. The second kappa shape index (κ2) is 8.73. The van der Waals surface area contributed by atoms with Crippen molar-refractivity contribution in [3.63, 3.8) is 0 Å². The molecule has 1 unspecified atom stereocenters. The molecule has 0 saturated carbocycles. The van der Waals surface area contributed by atoms with Crippen molar-refractivity contribution in [2.75, 3.05) is 13.2 Å². The molecular formula is C15H23Cl2NO2. The smallest absolute Gasteiger partial charge is 0.142 e. The molecule has 0 radical (unpaired) electrons. The Hall–Kier alpha value is -0.480. The van der Waals surface area contributed by atoms with Gasteiger partial charge in [-0.3, -0.25) is 0 Å². The second-order valence-electron chi connectivity index (χ2n) is 5.27. The molecule has 0 saturated heterocycles. The van der Waals surface area contributed by atoms with E-state index in [-0.39, 0.29) is 6.61 Å². The SMILES string of the molecule is CCC(O)COc1c(Cl)cc(Cl)cc1CNCC(C)C. The van der Waals surface area contributed by atoms with Gasteiger partial charge in [-0.15, -0.1) is 0 Å². The van der Waals surface area contributed by atoms with Gasteiger partial charge in [0.25, 0.3) is 0 Å². The number of halogens is 2. The molecule has 0 aromatic heterocycles. The quantitative estimate of drug-likeness (QED) is 0.763. The molecule has 0 aliphatic carbocycles. The lowest BCUT2D eigenvalue weighted by molar-refractivity contribution is 0.104. The van der Waals surface area contributed by atoms with Crippen molar-refractivity contribution >= 4 is 23.2 Å². The second-order valence-corrected chi connectivity index (χ2v) is 6.12. The Morgan fingerprint density at radius 2 is 2.00 bits per heavy atom. The van der Waals surface area contributed by atoms with Crippen LogP contribution in [0, 0.1) is 5.92 Å². The van der Waals surface area contributed by atoms with Gasteiger partial charge >= 0.3 is 0 Å². The lowest BCUT2D eigenvalue weighted by Gasteiger charge is -2.17. The van der Waals surface area contributed by atoms with Crippen molar-refractivity contribution in [2.24, 2.45) is 5.92 Å². The average molecular weight is 320 g/mol. The van der Waals surface area contributed by atoms with E-state index in [0.717, 1.165) is 12.1 Å². The molecule has 114 valence electrons. The summed E-state index contributed by atoms with van der Waals surface area (Å²) < 4.78 is 5.65. The first-order valence-electron chi connectivity index (χ1n) is 6.93. The topological polar surface area (TPSA) is 41.5 Å². The third kappa shape index (κ3) is 5.88. The largest absolute Gasteiger partial charge is 0.489 e. The Bertz CT molecular complexity index is 425. The van der Waals surface area contributed by atoms with Crippen molar-refractivity contribution in [1.82, 2.24) is 5.32 Å². The van der Waals surface area contributed by atoms with Crippen LogP contribution in [-0.2, 0) is 6.54 Å². The molecule has 3 nitrogen and oxygen atoms in total. The molecule has 1 aromatic carbocycles. The van der Waals surface area contributed by atoms with Gasteiger partial charge in [0.2, 0.25) is 0 Å². The van der Waals surface area contributed by atoms with E-state index >= 15 is 0 Å². The molecule has 1 aromatic rings. The van der Waals surface area contributed by atoms with Gasteiger partial charge in [-0.1, -0.05) is 44.0 Å². The molecule has 0 bridgehead atoms. The molecule has 0 heterocycles. The number of nitrogens with one attached hydrogen (secondary N) is 1. The Balaban J connectivity index is 2.78. The summed E-state index contributed by atoms with van der Waals surface area (Å²) in [6.45, 7) is 7.97. The monoisotopic (exact) mass is 319 g/mol. The fourth-order valence-electron chi connectivity index (χ4n) is 1.70. The van der Waals surface area contributed by atoms with Crippen molar-refractivity contribution in [3.8, 4) is 5.75 Å². The number of hydrogen-bond acceptors (Lipinski definition) is 3. The summed E-state index contributed by atoms with van der Waals surface area (Å²) in [5.74, 6) is 1.16. The van der Waals surface area contributed by atoms with Gasteiger partial charge in [-0.05, 0) is 31.0 Å². The van der Waals surface area contributed by atoms with E-state index in [1.807, 2.05) is 13.0 Å². The van der Waals surface area contributed by atoms with Crippen LogP contribution in [-0.4, -0.2) is 24.4 Å². The molecule has 0 aliphatic rings. The van der Waals surface area contributed by atoms with E-state index in [4.69, 9.17) is 27.9 Å². The summed E-state index contributed by atoms with van der Waals surface area (Å²) in [6.07, 6.45) is 0.157. The fraction of sp³-hybridized carbons (Fsp3) is 0.600. The van der Waals surface area contributed by atoms with Crippen LogP contribution in [0.4, 0.5) is 0 Å². The molecule has 0 spiro atoms. The van der Waals surface area contributed by atoms with Crippen molar-refractivity contribution < 1.29 is 9.84 Å². The molecule has 0 amide bonds. The molecular weight excluding hydrogens is 297 g/mol. The van der Waals surface area contributed by atoms with Crippen LogP contribution in [0.15, 0.2) is 12.1 Å². The highest BCUT2D eigenvalue weighted by Crippen LogP contribution is 2.32. The van der Waals surface area contributed by atoms with Crippen LogP contribution in [0.2, 0.25) is 10.0 Å². The zero-order valence-corrected chi connectivity index (χ0v) is 13.8. The van der Waals surface area contributed by atoms with Gasteiger partial charge < -0.3 is 15.2 Å². The van der Waals surface area contributed by atoms with E-state index in [9.17, 15) is 5.11 Å². The highest BCUT2D eigenvalue weighted by molar-refractivity contribution is 6.35. The maximum absolute atomic E-state index is 9.59. The normalized spacial score (nSPS) is 12.8. The highest BCUT2D eigenvalue weighted by atomic mass is 35.5. The predicted octanol–water partition coefficient (Wildman–Crippen LogP) is 3.89. The standard InChI is InChI=1S/C15H23Cl2NO2/c1-4-13(19)9-20-15-11(8-18-7-10(2)3)5-12(16)6-14(15)17/h5-6,10,13,18-19H,4,7-9H2,1-3H3. The van der Waals surface area contributed by atoms with Crippen molar-refractivity contribution in [2.45, 2.75) is 39.8 Å². The van der Waals surface area contributed by atoms with Gasteiger partial charge in [-0.2, -0.15) is 0 Å². The van der Waals surface area contributed by atoms with Crippen LogP contribution in [0.3, 0.4) is 0 Å². The fourth-order valence-corrected chi connectivity index (χ4v) is 2.29. The molecule has 1 rings (SSSR count). The maximum atomic E-state index is 9.59. The van der Waals surface area contributed by atoms with E-state index in [1.54, 1.807) is 6.07 Å². The number of benzene rings is 1. The zero-order chi connectivity index (χ0) is 15.1. The third-order valence-corrected chi connectivity index (χ3v) is 3.34. The van der Waals surface area contributed by atoms with E-state index < -0.39 is 6.10 Å². The first-order chi connectivity index (χ1) is 9.43. The van der Waals surface area contributed by atoms with Crippen molar-refractivity contribution in [3.05, 3.63) is 27.7 Å². The number of hydrogen-bond donors (Lipinski definition) is 2. The first-order valence-corrected chi connectivity index (χ1v) is 7.69. The Labute approximate surface area is 131 Å². The van der Waals surface area contributed by atoms with Crippen LogP contribution in [0.1, 0.15) is 32.8 Å². The lowest BCUT2D eigenvalue weighted by atomic mass is 10.1. The van der Waals surface area contributed by atoms with Gasteiger partial charge in [0.1, 0.15) is 12.4 Å². The number of aliphatic hydroxyl groups excluding tert-OH is 1. The summed E-state index contributed by atoms with van der Waals surface area (Å²) in [4.78, 5) is 0. The molecule has 0 aliphatic heterocycles. The summed E-state index contributed by atoms with van der Waals surface area (Å²) in [7, 11) is 0.